The molecule has 1 atom stereocenters. The molecule has 7 heteroatoms. The minimum atomic E-state index is 0. The van der Waals surface area contributed by atoms with Crippen LogP contribution in [-0.2, 0) is 16.0 Å². The molecule has 1 unspecified atom stereocenters. The Morgan fingerprint density at radius 2 is 2.11 bits per heavy atom. The number of piperidine rings is 1. The molecule has 1 aromatic rings. The highest BCUT2D eigenvalue weighted by molar-refractivity contribution is 14.0. The molecule has 152 valence electrons. The maximum atomic E-state index is 6.10. The van der Waals surface area contributed by atoms with Crippen molar-refractivity contribution in [3.05, 3.63) is 29.6 Å². The van der Waals surface area contributed by atoms with Crippen molar-refractivity contribution in [1.82, 2.24) is 15.2 Å². The third-order valence-corrected chi connectivity index (χ3v) is 5.12. The standard InChI is InChI=1S/C20H32N4O2.HI/c1-16-6-5-7-17(23-16)14-22-20(21-2)24-11-9-18(10-12-24)26-15-19-8-3-4-13-25-19;/h5-7,18-19H,3-4,8-15H2,1-2H3,(H,21,22);1H. The van der Waals surface area contributed by atoms with Gasteiger partial charge in [0.1, 0.15) is 0 Å². The Bertz CT molecular complexity index is 585. The number of aryl methyl sites for hydroxylation is 1. The number of hydrogen-bond donors (Lipinski definition) is 1. The highest BCUT2D eigenvalue weighted by Gasteiger charge is 2.23. The smallest absolute Gasteiger partial charge is 0.193 e. The van der Waals surface area contributed by atoms with Gasteiger partial charge in [0.2, 0.25) is 0 Å². The van der Waals surface area contributed by atoms with Gasteiger partial charge < -0.3 is 19.7 Å². The number of pyridine rings is 1. The Kier molecular flexibility index (Phi) is 9.78. The zero-order chi connectivity index (χ0) is 18.2. The van der Waals surface area contributed by atoms with Gasteiger partial charge in [0.05, 0.1) is 31.1 Å². The maximum Gasteiger partial charge on any atom is 0.193 e. The zero-order valence-corrected chi connectivity index (χ0v) is 18.9. The predicted molar refractivity (Wildman–Crippen MR) is 119 cm³/mol. The van der Waals surface area contributed by atoms with E-state index in [2.05, 4.69) is 20.2 Å². The van der Waals surface area contributed by atoms with E-state index >= 15 is 0 Å². The van der Waals surface area contributed by atoms with Crippen LogP contribution in [0.3, 0.4) is 0 Å². The molecule has 0 radical (unpaired) electrons. The fourth-order valence-corrected chi connectivity index (χ4v) is 3.62. The molecule has 2 aliphatic heterocycles. The first-order chi connectivity index (χ1) is 12.7. The maximum absolute atomic E-state index is 6.10. The lowest BCUT2D eigenvalue weighted by atomic mass is 10.1. The largest absolute Gasteiger partial charge is 0.376 e. The third-order valence-electron chi connectivity index (χ3n) is 5.12. The van der Waals surface area contributed by atoms with Crippen LogP contribution in [0, 0.1) is 6.92 Å². The lowest BCUT2D eigenvalue weighted by Crippen LogP contribution is -2.47. The van der Waals surface area contributed by atoms with Gasteiger partial charge in [-0.3, -0.25) is 9.98 Å². The van der Waals surface area contributed by atoms with Crippen molar-refractivity contribution >= 4 is 29.9 Å². The normalized spacial score (nSPS) is 21.6. The van der Waals surface area contributed by atoms with E-state index in [1.807, 2.05) is 32.2 Å². The number of ether oxygens (including phenoxy) is 2. The summed E-state index contributed by atoms with van der Waals surface area (Å²) in [4.78, 5) is 11.3. The topological polar surface area (TPSA) is 59.0 Å². The van der Waals surface area contributed by atoms with Crippen molar-refractivity contribution in [3.8, 4) is 0 Å². The number of nitrogens with one attached hydrogen (secondary N) is 1. The van der Waals surface area contributed by atoms with Gasteiger partial charge in [0.15, 0.2) is 5.96 Å². The van der Waals surface area contributed by atoms with Crippen LogP contribution in [0.1, 0.15) is 43.5 Å². The van der Waals surface area contributed by atoms with Crippen LogP contribution in [0.25, 0.3) is 0 Å². The summed E-state index contributed by atoms with van der Waals surface area (Å²) < 4.78 is 11.9. The molecule has 0 aromatic carbocycles. The van der Waals surface area contributed by atoms with Crippen molar-refractivity contribution in [2.45, 2.75) is 57.8 Å². The second kappa shape index (κ2) is 11.8. The van der Waals surface area contributed by atoms with Crippen molar-refractivity contribution in [2.24, 2.45) is 4.99 Å². The third kappa shape index (κ3) is 7.19. The number of halogens is 1. The predicted octanol–water partition coefficient (Wildman–Crippen LogP) is 3.13. The van der Waals surface area contributed by atoms with Crippen LogP contribution in [-0.4, -0.2) is 61.4 Å². The second-order valence-electron chi connectivity index (χ2n) is 7.18. The van der Waals surface area contributed by atoms with Crippen molar-refractivity contribution in [2.75, 3.05) is 33.4 Å². The molecular formula is C20H33IN4O2. The van der Waals surface area contributed by atoms with E-state index in [0.29, 0.717) is 18.8 Å². The van der Waals surface area contributed by atoms with Gasteiger partial charge in [-0.1, -0.05) is 6.07 Å². The van der Waals surface area contributed by atoms with Crippen molar-refractivity contribution < 1.29 is 9.47 Å². The summed E-state index contributed by atoms with van der Waals surface area (Å²) in [6, 6.07) is 6.10. The van der Waals surface area contributed by atoms with E-state index in [4.69, 9.17) is 9.47 Å². The molecule has 3 rings (SSSR count). The first-order valence-electron chi connectivity index (χ1n) is 9.86. The van der Waals surface area contributed by atoms with Crippen LogP contribution in [0.4, 0.5) is 0 Å². The molecule has 1 aromatic heterocycles. The molecular weight excluding hydrogens is 455 g/mol. The molecule has 0 amide bonds. The first-order valence-corrected chi connectivity index (χ1v) is 9.86. The Labute approximate surface area is 180 Å². The molecule has 27 heavy (non-hydrogen) atoms. The number of guanidine groups is 1. The zero-order valence-electron chi connectivity index (χ0n) is 16.5. The minimum Gasteiger partial charge on any atom is -0.376 e. The van der Waals surface area contributed by atoms with Crippen LogP contribution in [0.5, 0.6) is 0 Å². The van der Waals surface area contributed by atoms with E-state index in [1.54, 1.807) is 0 Å². The summed E-state index contributed by atoms with van der Waals surface area (Å²) in [6.07, 6.45) is 6.32. The Hall–Kier alpha value is -0.930. The van der Waals surface area contributed by atoms with Gasteiger partial charge in [0, 0.05) is 32.4 Å². The van der Waals surface area contributed by atoms with E-state index in [-0.39, 0.29) is 24.0 Å². The van der Waals surface area contributed by atoms with Gasteiger partial charge in [-0.2, -0.15) is 0 Å². The number of aliphatic imine (C=N–C) groups is 1. The van der Waals surface area contributed by atoms with Crippen LogP contribution in [0.2, 0.25) is 0 Å². The molecule has 2 fully saturated rings. The van der Waals surface area contributed by atoms with Crippen molar-refractivity contribution in [3.63, 3.8) is 0 Å². The quantitative estimate of drug-likeness (QED) is 0.392. The summed E-state index contributed by atoms with van der Waals surface area (Å²) in [5.74, 6) is 0.947. The number of hydrogen-bond acceptors (Lipinski definition) is 4. The van der Waals surface area contributed by atoms with Crippen LogP contribution < -0.4 is 5.32 Å². The van der Waals surface area contributed by atoms with Gasteiger partial charge in [-0.15, -0.1) is 24.0 Å². The van der Waals surface area contributed by atoms with Gasteiger partial charge in [-0.25, -0.2) is 0 Å². The van der Waals surface area contributed by atoms with E-state index in [9.17, 15) is 0 Å². The fraction of sp³-hybridized carbons (Fsp3) is 0.700. The van der Waals surface area contributed by atoms with Gasteiger partial charge in [0.25, 0.3) is 0 Å². The molecule has 2 aliphatic rings. The first kappa shape index (κ1) is 22.4. The molecule has 2 saturated heterocycles. The number of aromatic nitrogens is 1. The number of likely N-dealkylation sites (tertiary alicyclic amines) is 1. The molecule has 0 saturated carbocycles. The lowest BCUT2D eigenvalue weighted by Gasteiger charge is -2.35. The fourth-order valence-electron chi connectivity index (χ4n) is 3.62. The van der Waals surface area contributed by atoms with Crippen LogP contribution >= 0.6 is 24.0 Å². The van der Waals surface area contributed by atoms with Gasteiger partial charge >= 0.3 is 0 Å². The Morgan fingerprint density at radius 3 is 2.78 bits per heavy atom. The van der Waals surface area contributed by atoms with Crippen molar-refractivity contribution in [1.29, 1.82) is 0 Å². The average molecular weight is 488 g/mol. The lowest BCUT2D eigenvalue weighted by molar-refractivity contribution is -0.0721. The molecule has 0 spiro atoms. The molecule has 6 nitrogen and oxygen atoms in total. The highest BCUT2D eigenvalue weighted by Crippen LogP contribution is 2.18. The molecule has 0 bridgehead atoms. The summed E-state index contributed by atoms with van der Waals surface area (Å²) in [5, 5.41) is 3.43. The number of rotatable bonds is 5. The monoisotopic (exact) mass is 488 g/mol. The molecule has 3 heterocycles. The van der Waals surface area contributed by atoms with E-state index < -0.39 is 0 Å². The Balaban J connectivity index is 0.00000261. The molecule has 1 N–H and O–H groups in total. The van der Waals surface area contributed by atoms with Gasteiger partial charge in [-0.05, 0) is 51.2 Å². The second-order valence-corrected chi connectivity index (χ2v) is 7.18. The summed E-state index contributed by atoms with van der Waals surface area (Å²) >= 11 is 0. The number of nitrogens with zero attached hydrogens (tertiary/aromatic N) is 3. The average Bonchev–Trinajstić information content (AvgIpc) is 2.69. The minimum absolute atomic E-state index is 0. The SMILES string of the molecule is CN=C(NCc1cccc(C)n1)N1CCC(OCC2CCCCO2)CC1.I. The van der Waals surface area contributed by atoms with E-state index in [1.165, 1.54) is 12.8 Å². The summed E-state index contributed by atoms with van der Waals surface area (Å²) in [5.41, 5.74) is 2.08. The van der Waals surface area contributed by atoms with Crippen LogP contribution in [0.15, 0.2) is 23.2 Å². The highest BCUT2D eigenvalue weighted by atomic mass is 127. The molecule has 0 aliphatic carbocycles. The summed E-state index contributed by atoms with van der Waals surface area (Å²) in [7, 11) is 1.84. The van der Waals surface area contributed by atoms with E-state index in [0.717, 1.165) is 62.9 Å². The Morgan fingerprint density at radius 1 is 1.30 bits per heavy atom. The summed E-state index contributed by atoms with van der Waals surface area (Å²) in [6.45, 7) is 6.29.